The lowest BCUT2D eigenvalue weighted by molar-refractivity contribution is 0.0734. The van der Waals surface area contributed by atoms with E-state index < -0.39 is 16.0 Å². The van der Waals surface area contributed by atoms with E-state index in [1.165, 1.54) is 38.4 Å². The molecule has 4 rings (SSSR count). The number of pyridine rings is 1. The maximum atomic E-state index is 13.1. The largest absolute Gasteiger partial charge is 0.495 e. The lowest BCUT2D eigenvalue weighted by Gasteiger charge is -2.21. The zero-order valence-corrected chi connectivity index (χ0v) is 19.8. The first-order valence-corrected chi connectivity index (χ1v) is 12.0. The summed E-state index contributed by atoms with van der Waals surface area (Å²) in [6.45, 7) is 0. The summed E-state index contributed by atoms with van der Waals surface area (Å²) in [6.07, 6.45) is 1.62. The van der Waals surface area contributed by atoms with Crippen molar-refractivity contribution in [3.8, 4) is 23.1 Å². The number of methoxy groups -OCH3 is 1. The molecule has 0 saturated carbocycles. The second-order valence-corrected chi connectivity index (χ2v) is 9.27. The summed E-state index contributed by atoms with van der Waals surface area (Å²) in [7, 11) is -0.960. The van der Waals surface area contributed by atoms with Crippen molar-refractivity contribution in [3.63, 3.8) is 0 Å². The maximum absolute atomic E-state index is 13.1. The summed E-state index contributed by atoms with van der Waals surface area (Å²) in [5.74, 6) is 1.11. The van der Waals surface area contributed by atoms with Crippen molar-refractivity contribution < 1.29 is 27.4 Å². The van der Waals surface area contributed by atoms with Gasteiger partial charge < -0.3 is 14.2 Å². The first-order valence-electron chi connectivity index (χ1n) is 10.5. The van der Waals surface area contributed by atoms with E-state index >= 15 is 0 Å². The molecule has 0 unspecified atom stereocenters. The molecular weight excluding hydrogens is 468 g/mol. The monoisotopic (exact) mass is 490 g/mol. The lowest BCUT2D eigenvalue weighted by atomic mass is 10.2. The number of sulfonamides is 1. The van der Waals surface area contributed by atoms with Gasteiger partial charge in [-0.2, -0.15) is 0 Å². The minimum Gasteiger partial charge on any atom is -0.495 e. The van der Waals surface area contributed by atoms with Crippen LogP contribution in [0.2, 0.25) is 0 Å². The van der Waals surface area contributed by atoms with Gasteiger partial charge in [0.1, 0.15) is 17.2 Å². The van der Waals surface area contributed by atoms with Gasteiger partial charge in [0.05, 0.1) is 23.3 Å². The fraction of sp³-hybridized carbons (Fsp3) is 0.0769. The highest BCUT2D eigenvalue weighted by molar-refractivity contribution is 7.92. The van der Waals surface area contributed by atoms with Gasteiger partial charge in [-0.05, 0) is 66.7 Å². The predicted octanol–water partition coefficient (Wildman–Crippen LogP) is 4.93. The van der Waals surface area contributed by atoms with Crippen molar-refractivity contribution in [2.75, 3.05) is 18.5 Å². The van der Waals surface area contributed by atoms with E-state index in [0.29, 0.717) is 28.8 Å². The van der Waals surface area contributed by atoms with Crippen LogP contribution in [-0.2, 0) is 10.0 Å². The Kier molecular flexibility index (Phi) is 6.98. The van der Waals surface area contributed by atoms with Crippen LogP contribution in [0.1, 0.15) is 10.4 Å². The van der Waals surface area contributed by atoms with E-state index in [-0.39, 0.29) is 10.5 Å². The Labute approximate surface area is 203 Å². The molecule has 0 N–H and O–H groups in total. The van der Waals surface area contributed by atoms with Gasteiger partial charge in [0, 0.05) is 19.3 Å². The molecule has 1 heterocycles. The van der Waals surface area contributed by atoms with Gasteiger partial charge in [-0.25, -0.2) is 18.2 Å². The van der Waals surface area contributed by atoms with E-state index in [0.717, 1.165) is 4.31 Å². The number of carbonyl (C=O) groups excluding carboxylic acids is 1. The molecule has 0 atom stereocenters. The fourth-order valence-corrected chi connectivity index (χ4v) is 4.42. The molecule has 0 radical (unpaired) electrons. The number of anilines is 1. The summed E-state index contributed by atoms with van der Waals surface area (Å²) < 4.78 is 43.5. The molecular formula is C26H22N2O6S. The van der Waals surface area contributed by atoms with E-state index in [9.17, 15) is 13.2 Å². The van der Waals surface area contributed by atoms with Crippen molar-refractivity contribution in [3.05, 3.63) is 103 Å². The SMILES string of the molecule is COc1ccccc1N(C)S(=O)(=O)c1ccc(C(=O)Oc2ccc(Oc3ccccn3)cc2)cc1. The van der Waals surface area contributed by atoms with E-state index in [2.05, 4.69) is 4.98 Å². The zero-order chi connectivity index (χ0) is 24.8. The number of hydrogen-bond acceptors (Lipinski definition) is 7. The van der Waals surface area contributed by atoms with Crippen molar-refractivity contribution in [2.24, 2.45) is 0 Å². The van der Waals surface area contributed by atoms with E-state index in [1.54, 1.807) is 66.9 Å². The number of esters is 1. The van der Waals surface area contributed by atoms with Crippen LogP contribution in [0, 0.1) is 0 Å². The smallest absolute Gasteiger partial charge is 0.343 e. The molecule has 178 valence electrons. The molecule has 0 fully saturated rings. The summed E-state index contributed by atoms with van der Waals surface area (Å²) in [5.41, 5.74) is 0.603. The van der Waals surface area contributed by atoms with Crippen molar-refractivity contribution in [1.82, 2.24) is 4.98 Å². The number of nitrogens with zero attached hydrogens (tertiary/aromatic N) is 2. The number of carbonyl (C=O) groups is 1. The normalized spacial score (nSPS) is 10.9. The van der Waals surface area contributed by atoms with Gasteiger partial charge in [-0.3, -0.25) is 4.31 Å². The molecule has 4 aromatic rings. The number of para-hydroxylation sites is 2. The topological polar surface area (TPSA) is 95.0 Å². The summed E-state index contributed by atoms with van der Waals surface area (Å²) in [5, 5.41) is 0. The first kappa shape index (κ1) is 23.8. The lowest BCUT2D eigenvalue weighted by Crippen LogP contribution is -2.27. The highest BCUT2D eigenvalue weighted by Gasteiger charge is 2.24. The molecule has 0 aliphatic heterocycles. The second kappa shape index (κ2) is 10.3. The average Bonchev–Trinajstić information content (AvgIpc) is 2.90. The van der Waals surface area contributed by atoms with Crippen LogP contribution in [0.15, 0.2) is 102 Å². The number of rotatable bonds is 8. The molecule has 0 bridgehead atoms. The fourth-order valence-electron chi connectivity index (χ4n) is 3.21. The molecule has 35 heavy (non-hydrogen) atoms. The molecule has 3 aromatic carbocycles. The highest BCUT2D eigenvalue weighted by Crippen LogP contribution is 2.31. The number of aromatic nitrogens is 1. The highest BCUT2D eigenvalue weighted by atomic mass is 32.2. The first-order chi connectivity index (χ1) is 16.9. The Hall–Kier alpha value is -4.37. The predicted molar refractivity (Wildman–Crippen MR) is 131 cm³/mol. The molecule has 8 nitrogen and oxygen atoms in total. The van der Waals surface area contributed by atoms with Crippen LogP contribution < -0.4 is 18.5 Å². The summed E-state index contributed by atoms with van der Waals surface area (Å²) in [6, 6.07) is 24.2. The Morgan fingerprint density at radius 2 is 1.49 bits per heavy atom. The van der Waals surface area contributed by atoms with Gasteiger partial charge in [0.2, 0.25) is 5.88 Å². The molecule has 0 saturated heterocycles. The molecule has 9 heteroatoms. The number of benzene rings is 3. The molecule has 1 aromatic heterocycles. The van der Waals surface area contributed by atoms with Crippen LogP contribution in [0.5, 0.6) is 23.1 Å². The Morgan fingerprint density at radius 3 is 2.14 bits per heavy atom. The quantitative estimate of drug-likeness (QED) is 0.255. The van der Waals surface area contributed by atoms with Gasteiger partial charge >= 0.3 is 5.97 Å². The molecule has 0 spiro atoms. The van der Waals surface area contributed by atoms with Crippen LogP contribution >= 0.6 is 0 Å². The Balaban J connectivity index is 1.44. The van der Waals surface area contributed by atoms with Crippen molar-refractivity contribution in [2.45, 2.75) is 4.90 Å². The van der Waals surface area contributed by atoms with Crippen LogP contribution in [-0.4, -0.2) is 33.5 Å². The molecule has 0 aliphatic rings. The third-order valence-electron chi connectivity index (χ3n) is 5.07. The van der Waals surface area contributed by atoms with Crippen LogP contribution in [0.3, 0.4) is 0 Å². The van der Waals surface area contributed by atoms with E-state index in [4.69, 9.17) is 14.2 Å². The van der Waals surface area contributed by atoms with E-state index in [1.807, 2.05) is 6.07 Å². The van der Waals surface area contributed by atoms with Gasteiger partial charge in [0.15, 0.2) is 0 Å². The third-order valence-corrected chi connectivity index (χ3v) is 6.85. The Morgan fingerprint density at radius 1 is 0.829 bits per heavy atom. The van der Waals surface area contributed by atoms with Crippen molar-refractivity contribution in [1.29, 1.82) is 0 Å². The van der Waals surface area contributed by atoms with Crippen molar-refractivity contribution >= 4 is 21.7 Å². The second-order valence-electron chi connectivity index (χ2n) is 7.30. The summed E-state index contributed by atoms with van der Waals surface area (Å²) in [4.78, 5) is 16.7. The van der Waals surface area contributed by atoms with Gasteiger partial charge in [-0.1, -0.05) is 18.2 Å². The number of hydrogen-bond donors (Lipinski definition) is 0. The standard InChI is InChI=1S/C26H22N2O6S/c1-28(23-7-3-4-8-24(23)32-2)35(30,31)22-16-10-19(11-17-22)26(29)34-21-14-12-20(13-15-21)33-25-9-5-6-18-27-25/h3-18H,1-2H3. The minimum atomic E-state index is -3.87. The van der Waals surface area contributed by atoms with Gasteiger partial charge in [0.25, 0.3) is 10.0 Å². The maximum Gasteiger partial charge on any atom is 0.343 e. The minimum absolute atomic E-state index is 0.0264. The van der Waals surface area contributed by atoms with Crippen LogP contribution in [0.4, 0.5) is 5.69 Å². The van der Waals surface area contributed by atoms with Gasteiger partial charge in [-0.15, -0.1) is 0 Å². The average molecular weight is 491 g/mol. The Bertz CT molecular complexity index is 1410. The summed E-state index contributed by atoms with van der Waals surface area (Å²) >= 11 is 0. The molecule has 0 aliphatic carbocycles. The third kappa shape index (κ3) is 5.42. The molecule has 0 amide bonds. The van der Waals surface area contributed by atoms with Crippen LogP contribution in [0.25, 0.3) is 0 Å². The number of ether oxygens (including phenoxy) is 3. The zero-order valence-electron chi connectivity index (χ0n) is 19.0.